The van der Waals surface area contributed by atoms with E-state index in [1.54, 1.807) is 24.3 Å². The van der Waals surface area contributed by atoms with Crippen LogP contribution in [0.15, 0.2) is 66.0 Å². The Kier molecular flexibility index (Phi) is 4.52. The van der Waals surface area contributed by atoms with Gasteiger partial charge in [0.05, 0.1) is 4.53 Å². The van der Waals surface area contributed by atoms with Gasteiger partial charge < -0.3 is 4.74 Å². The molecule has 5 nitrogen and oxygen atoms in total. The summed E-state index contributed by atoms with van der Waals surface area (Å²) in [7, 11) is 0. The molecule has 2 aromatic heterocycles. The maximum absolute atomic E-state index is 13.3. The second-order valence-corrected chi connectivity index (χ2v) is 6.73. The first kappa shape index (κ1) is 17.1. The Hall–Kier alpha value is -3.32. The molecular weight excluding hydrogens is 365 g/mol. The summed E-state index contributed by atoms with van der Waals surface area (Å²) in [6.45, 7) is 4.04. The number of hydrogen-bond acceptors (Lipinski definition) is 5. The van der Waals surface area contributed by atoms with Crippen molar-refractivity contribution in [1.82, 2.24) is 14.6 Å². The van der Waals surface area contributed by atoms with Gasteiger partial charge in [-0.15, -0.1) is 5.10 Å². The number of rotatable bonds is 5. The van der Waals surface area contributed by atoms with Crippen molar-refractivity contribution in [3.05, 3.63) is 87.5 Å². The Balaban J connectivity index is 1.68. The fourth-order valence-electron chi connectivity index (χ4n) is 2.56. The summed E-state index contributed by atoms with van der Waals surface area (Å²) in [4.78, 5) is 17.5. The molecule has 0 aliphatic carbocycles. The SMILES string of the molecule is C=CCOc1ccc(-c2nc3s/c(=C/c4cccc(F)c4)c(=O)n3n2)cc1. The summed E-state index contributed by atoms with van der Waals surface area (Å²) in [6.07, 6.45) is 3.31. The van der Waals surface area contributed by atoms with Crippen molar-refractivity contribution in [2.75, 3.05) is 6.61 Å². The fraction of sp³-hybridized carbons (Fsp3) is 0.0500. The Morgan fingerprint density at radius 2 is 2.04 bits per heavy atom. The minimum Gasteiger partial charge on any atom is -0.490 e. The molecule has 0 amide bonds. The number of thiazole rings is 1. The van der Waals surface area contributed by atoms with Crippen LogP contribution in [-0.2, 0) is 0 Å². The minimum absolute atomic E-state index is 0.274. The van der Waals surface area contributed by atoms with Gasteiger partial charge in [-0.1, -0.05) is 36.1 Å². The predicted octanol–water partition coefficient (Wildman–Crippen LogP) is 3.07. The van der Waals surface area contributed by atoms with Crippen LogP contribution in [0.2, 0.25) is 0 Å². The number of ether oxygens (including phenoxy) is 1. The number of fused-ring (bicyclic) bond motifs is 1. The van der Waals surface area contributed by atoms with E-state index >= 15 is 0 Å². The van der Waals surface area contributed by atoms with Crippen LogP contribution in [-0.4, -0.2) is 21.2 Å². The number of hydrogen-bond donors (Lipinski definition) is 0. The summed E-state index contributed by atoms with van der Waals surface area (Å²) in [6, 6.07) is 13.4. The van der Waals surface area contributed by atoms with Crippen molar-refractivity contribution in [2.45, 2.75) is 0 Å². The van der Waals surface area contributed by atoms with Crippen LogP contribution in [0.4, 0.5) is 4.39 Å². The third-order valence-corrected chi connectivity index (χ3v) is 4.77. The fourth-order valence-corrected chi connectivity index (χ4v) is 3.47. The average Bonchev–Trinajstić information content (AvgIpc) is 3.20. The smallest absolute Gasteiger partial charge is 0.291 e. The highest BCUT2D eigenvalue weighted by Crippen LogP contribution is 2.20. The van der Waals surface area contributed by atoms with E-state index in [1.807, 2.05) is 24.3 Å². The van der Waals surface area contributed by atoms with E-state index in [4.69, 9.17) is 4.74 Å². The summed E-state index contributed by atoms with van der Waals surface area (Å²) in [5.41, 5.74) is 1.13. The van der Waals surface area contributed by atoms with Crippen LogP contribution in [0.3, 0.4) is 0 Å². The molecule has 0 saturated carbocycles. The number of aromatic nitrogens is 3. The van der Waals surface area contributed by atoms with Crippen LogP contribution in [0, 0.1) is 5.82 Å². The lowest BCUT2D eigenvalue weighted by Gasteiger charge is -2.02. The van der Waals surface area contributed by atoms with Crippen LogP contribution in [0.1, 0.15) is 5.56 Å². The standard InChI is InChI=1S/C20H14FN3O2S/c1-2-10-26-16-8-6-14(7-9-16)18-22-20-24(23-18)19(25)17(27-20)12-13-4-3-5-15(21)11-13/h2-9,11-12H,1,10H2/b17-12+. The molecule has 0 atom stereocenters. The predicted molar refractivity (Wildman–Crippen MR) is 103 cm³/mol. The second-order valence-electron chi connectivity index (χ2n) is 5.72. The molecule has 0 bridgehead atoms. The van der Waals surface area contributed by atoms with Gasteiger partial charge in [0.2, 0.25) is 4.96 Å². The number of nitrogens with zero attached hydrogens (tertiary/aromatic N) is 3. The van der Waals surface area contributed by atoms with Gasteiger partial charge in [0.15, 0.2) is 5.82 Å². The highest BCUT2D eigenvalue weighted by molar-refractivity contribution is 7.15. The summed E-state index contributed by atoms with van der Waals surface area (Å²) in [5, 5.41) is 4.31. The van der Waals surface area contributed by atoms with Gasteiger partial charge >= 0.3 is 0 Å². The summed E-state index contributed by atoms with van der Waals surface area (Å²) in [5.74, 6) is 0.834. The van der Waals surface area contributed by atoms with E-state index < -0.39 is 0 Å². The van der Waals surface area contributed by atoms with Crippen molar-refractivity contribution in [3.63, 3.8) is 0 Å². The zero-order valence-electron chi connectivity index (χ0n) is 14.1. The van der Waals surface area contributed by atoms with Gasteiger partial charge in [0.25, 0.3) is 5.56 Å². The van der Waals surface area contributed by atoms with Crippen LogP contribution in [0.25, 0.3) is 22.4 Å². The molecule has 0 N–H and O–H groups in total. The minimum atomic E-state index is -0.349. The third-order valence-electron chi connectivity index (χ3n) is 3.81. The zero-order chi connectivity index (χ0) is 18.8. The Labute approximate surface area is 157 Å². The molecule has 4 rings (SSSR count). The first-order valence-electron chi connectivity index (χ1n) is 8.15. The molecule has 7 heteroatoms. The maximum Gasteiger partial charge on any atom is 0.291 e. The van der Waals surface area contributed by atoms with Crippen molar-refractivity contribution < 1.29 is 9.13 Å². The molecular formula is C20H14FN3O2S. The van der Waals surface area contributed by atoms with Crippen molar-refractivity contribution in [2.24, 2.45) is 0 Å². The summed E-state index contributed by atoms with van der Waals surface area (Å²) < 4.78 is 20.5. The lowest BCUT2D eigenvalue weighted by molar-refractivity contribution is 0.363. The molecule has 134 valence electrons. The Morgan fingerprint density at radius 3 is 2.74 bits per heavy atom. The van der Waals surface area contributed by atoms with Gasteiger partial charge in [0.1, 0.15) is 18.2 Å². The molecule has 4 aromatic rings. The molecule has 27 heavy (non-hydrogen) atoms. The quantitative estimate of drug-likeness (QED) is 0.500. The van der Waals surface area contributed by atoms with Gasteiger partial charge in [-0.3, -0.25) is 4.79 Å². The van der Waals surface area contributed by atoms with Crippen molar-refractivity contribution >= 4 is 22.4 Å². The second kappa shape index (κ2) is 7.13. The first-order chi connectivity index (χ1) is 13.1. The molecule has 2 aromatic carbocycles. The Bertz CT molecular complexity index is 1230. The van der Waals surface area contributed by atoms with Crippen molar-refractivity contribution in [1.29, 1.82) is 0 Å². The number of halogens is 1. The number of benzene rings is 2. The zero-order valence-corrected chi connectivity index (χ0v) is 14.9. The molecule has 0 radical (unpaired) electrons. The van der Waals surface area contributed by atoms with E-state index in [-0.39, 0.29) is 11.4 Å². The van der Waals surface area contributed by atoms with E-state index in [0.717, 1.165) is 11.3 Å². The third kappa shape index (κ3) is 3.50. The largest absolute Gasteiger partial charge is 0.490 e. The molecule has 0 saturated heterocycles. The highest BCUT2D eigenvalue weighted by atomic mass is 32.1. The molecule has 0 unspecified atom stereocenters. The Morgan fingerprint density at radius 1 is 1.22 bits per heavy atom. The van der Waals surface area contributed by atoms with Gasteiger partial charge in [-0.05, 0) is 48.0 Å². The highest BCUT2D eigenvalue weighted by Gasteiger charge is 2.12. The van der Waals surface area contributed by atoms with E-state index in [0.29, 0.717) is 27.5 Å². The maximum atomic E-state index is 13.3. The molecule has 0 aliphatic rings. The first-order valence-corrected chi connectivity index (χ1v) is 8.97. The van der Waals surface area contributed by atoms with Crippen molar-refractivity contribution in [3.8, 4) is 17.1 Å². The molecule has 2 heterocycles. The molecule has 0 fully saturated rings. The molecule has 0 aliphatic heterocycles. The average molecular weight is 379 g/mol. The lowest BCUT2D eigenvalue weighted by Crippen LogP contribution is -2.23. The van der Waals surface area contributed by atoms with E-state index in [1.165, 1.54) is 28.0 Å². The van der Waals surface area contributed by atoms with Gasteiger partial charge in [-0.2, -0.15) is 9.50 Å². The van der Waals surface area contributed by atoms with Gasteiger partial charge in [0, 0.05) is 5.56 Å². The molecule has 0 spiro atoms. The normalized spacial score (nSPS) is 11.8. The van der Waals surface area contributed by atoms with Gasteiger partial charge in [-0.25, -0.2) is 4.39 Å². The van der Waals surface area contributed by atoms with Crippen LogP contribution >= 0.6 is 11.3 Å². The van der Waals surface area contributed by atoms with Crippen LogP contribution in [0.5, 0.6) is 5.75 Å². The monoisotopic (exact) mass is 379 g/mol. The lowest BCUT2D eigenvalue weighted by atomic mass is 10.2. The van der Waals surface area contributed by atoms with E-state index in [9.17, 15) is 9.18 Å². The topological polar surface area (TPSA) is 56.5 Å². The van der Waals surface area contributed by atoms with Crippen LogP contribution < -0.4 is 14.8 Å². The summed E-state index contributed by atoms with van der Waals surface area (Å²) >= 11 is 1.22. The van der Waals surface area contributed by atoms with E-state index in [2.05, 4.69) is 16.7 Å².